The summed E-state index contributed by atoms with van der Waals surface area (Å²) in [4.78, 5) is 22.9. The lowest BCUT2D eigenvalue weighted by Gasteiger charge is -2.10. The third-order valence-corrected chi connectivity index (χ3v) is 2.61. The highest BCUT2D eigenvalue weighted by molar-refractivity contribution is 5.92. The maximum absolute atomic E-state index is 11.6. The molecule has 1 unspecified atom stereocenters. The number of anilines is 1. The van der Waals surface area contributed by atoms with Crippen molar-refractivity contribution in [3.63, 3.8) is 0 Å². The number of rotatable bonds is 6. The molecule has 1 rings (SSSR count). The molecule has 1 atom stereocenters. The van der Waals surface area contributed by atoms with Crippen LogP contribution in [0.5, 0.6) is 0 Å². The van der Waals surface area contributed by atoms with Crippen molar-refractivity contribution in [1.29, 1.82) is 0 Å². The van der Waals surface area contributed by atoms with E-state index < -0.39 is 12.1 Å². The summed E-state index contributed by atoms with van der Waals surface area (Å²) in [6, 6.07) is 6.45. The fourth-order valence-electron chi connectivity index (χ4n) is 1.54. The van der Waals surface area contributed by atoms with E-state index in [2.05, 4.69) is 16.0 Å². The Kier molecular flexibility index (Phi) is 6.52. The van der Waals surface area contributed by atoms with Gasteiger partial charge in [-0.3, -0.25) is 4.79 Å². The minimum Gasteiger partial charge on any atom is -0.389 e. The third kappa shape index (κ3) is 5.71. The highest BCUT2D eigenvalue weighted by atomic mass is 16.3. The smallest absolute Gasteiger partial charge is 0.319 e. The Bertz CT molecular complexity index is 461. The molecular weight excluding hydrogens is 258 g/mol. The summed E-state index contributed by atoms with van der Waals surface area (Å²) in [5.41, 5.74) is 1.28. The molecule has 110 valence electrons. The SMILES string of the molecule is CCCNC(=O)CNC(=O)Nc1cccc(C(C)O)c1. The molecule has 4 N–H and O–H groups in total. The fraction of sp³-hybridized carbons (Fsp3) is 0.429. The number of carbonyl (C=O) groups excluding carboxylic acids is 2. The lowest BCUT2D eigenvalue weighted by Crippen LogP contribution is -2.39. The number of aliphatic hydroxyl groups is 1. The maximum Gasteiger partial charge on any atom is 0.319 e. The Morgan fingerprint density at radius 2 is 2.05 bits per heavy atom. The number of hydrogen-bond donors (Lipinski definition) is 4. The van der Waals surface area contributed by atoms with E-state index in [0.717, 1.165) is 6.42 Å². The summed E-state index contributed by atoms with van der Waals surface area (Å²) in [6.45, 7) is 4.13. The lowest BCUT2D eigenvalue weighted by atomic mass is 10.1. The predicted molar refractivity (Wildman–Crippen MR) is 77.4 cm³/mol. The molecular formula is C14H21N3O3. The minimum absolute atomic E-state index is 0.0675. The molecule has 0 bridgehead atoms. The molecule has 0 saturated carbocycles. The summed E-state index contributed by atoms with van der Waals surface area (Å²) in [6.07, 6.45) is 0.254. The van der Waals surface area contributed by atoms with Gasteiger partial charge in [0.15, 0.2) is 0 Å². The van der Waals surface area contributed by atoms with Crippen molar-refractivity contribution in [3.05, 3.63) is 29.8 Å². The number of nitrogens with one attached hydrogen (secondary N) is 3. The Labute approximate surface area is 118 Å². The summed E-state index contributed by atoms with van der Waals surface area (Å²) in [7, 11) is 0. The molecule has 0 aliphatic rings. The van der Waals surface area contributed by atoms with Crippen molar-refractivity contribution in [2.45, 2.75) is 26.4 Å². The van der Waals surface area contributed by atoms with Gasteiger partial charge in [0.25, 0.3) is 0 Å². The van der Waals surface area contributed by atoms with Gasteiger partial charge in [0.2, 0.25) is 5.91 Å². The van der Waals surface area contributed by atoms with Crippen LogP contribution < -0.4 is 16.0 Å². The van der Waals surface area contributed by atoms with Crippen LogP contribution in [0.1, 0.15) is 31.9 Å². The van der Waals surface area contributed by atoms with E-state index in [1.165, 1.54) is 0 Å². The van der Waals surface area contributed by atoms with Crippen LogP contribution in [0.25, 0.3) is 0 Å². The Morgan fingerprint density at radius 1 is 1.30 bits per heavy atom. The zero-order chi connectivity index (χ0) is 15.0. The van der Waals surface area contributed by atoms with E-state index in [1.807, 2.05) is 6.92 Å². The fourth-order valence-corrected chi connectivity index (χ4v) is 1.54. The van der Waals surface area contributed by atoms with Crippen molar-refractivity contribution in [2.24, 2.45) is 0 Å². The first kappa shape index (κ1) is 16.0. The molecule has 0 saturated heterocycles. The van der Waals surface area contributed by atoms with Gasteiger partial charge < -0.3 is 21.1 Å². The van der Waals surface area contributed by atoms with E-state index in [-0.39, 0.29) is 12.5 Å². The van der Waals surface area contributed by atoms with Crippen LogP contribution in [0.3, 0.4) is 0 Å². The largest absolute Gasteiger partial charge is 0.389 e. The normalized spacial score (nSPS) is 11.6. The average molecular weight is 279 g/mol. The quantitative estimate of drug-likeness (QED) is 0.634. The Balaban J connectivity index is 2.42. The minimum atomic E-state index is -0.598. The van der Waals surface area contributed by atoms with Gasteiger partial charge in [-0.1, -0.05) is 19.1 Å². The third-order valence-electron chi connectivity index (χ3n) is 2.61. The summed E-state index contributed by atoms with van der Waals surface area (Å²) >= 11 is 0. The second kappa shape index (κ2) is 8.16. The molecule has 20 heavy (non-hydrogen) atoms. The van der Waals surface area contributed by atoms with Crippen LogP contribution in [0.2, 0.25) is 0 Å². The van der Waals surface area contributed by atoms with E-state index >= 15 is 0 Å². The van der Waals surface area contributed by atoms with E-state index in [0.29, 0.717) is 17.8 Å². The Hall–Kier alpha value is -2.08. The van der Waals surface area contributed by atoms with Gasteiger partial charge in [0, 0.05) is 12.2 Å². The van der Waals surface area contributed by atoms with Gasteiger partial charge in [0.05, 0.1) is 12.6 Å². The van der Waals surface area contributed by atoms with Gasteiger partial charge in [-0.25, -0.2) is 4.79 Å². The number of urea groups is 1. The summed E-state index contributed by atoms with van der Waals surface area (Å²) in [5, 5.41) is 17.2. The number of carbonyl (C=O) groups is 2. The first-order chi connectivity index (χ1) is 9.52. The van der Waals surface area contributed by atoms with Crippen LogP contribution in [0.4, 0.5) is 10.5 Å². The first-order valence-electron chi connectivity index (χ1n) is 6.62. The highest BCUT2D eigenvalue weighted by Crippen LogP contribution is 2.16. The van der Waals surface area contributed by atoms with Crippen molar-refractivity contribution < 1.29 is 14.7 Å². The van der Waals surface area contributed by atoms with Crippen LogP contribution >= 0.6 is 0 Å². The Morgan fingerprint density at radius 3 is 2.70 bits per heavy atom. The molecule has 6 nitrogen and oxygen atoms in total. The van der Waals surface area contributed by atoms with Crippen LogP contribution in [0.15, 0.2) is 24.3 Å². The maximum atomic E-state index is 11.6. The molecule has 0 fully saturated rings. The van der Waals surface area contributed by atoms with E-state index in [1.54, 1.807) is 31.2 Å². The molecule has 0 aliphatic heterocycles. The monoisotopic (exact) mass is 279 g/mol. The van der Waals surface area contributed by atoms with E-state index in [4.69, 9.17) is 0 Å². The zero-order valence-corrected chi connectivity index (χ0v) is 11.8. The average Bonchev–Trinajstić information content (AvgIpc) is 2.43. The van der Waals surface area contributed by atoms with Crippen molar-refractivity contribution in [1.82, 2.24) is 10.6 Å². The number of aliphatic hydroxyl groups excluding tert-OH is 1. The molecule has 6 heteroatoms. The molecule has 0 heterocycles. The van der Waals surface area contributed by atoms with Gasteiger partial charge >= 0.3 is 6.03 Å². The standard InChI is InChI=1S/C14H21N3O3/c1-3-7-15-13(19)9-16-14(20)17-12-6-4-5-11(8-12)10(2)18/h4-6,8,10,18H,3,7,9H2,1-2H3,(H,15,19)(H2,16,17,20). The van der Waals surface area contributed by atoms with E-state index in [9.17, 15) is 14.7 Å². The van der Waals surface area contributed by atoms with Crippen LogP contribution in [-0.4, -0.2) is 30.1 Å². The van der Waals surface area contributed by atoms with Crippen molar-refractivity contribution in [3.8, 4) is 0 Å². The summed E-state index contributed by atoms with van der Waals surface area (Å²) < 4.78 is 0. The second-order valence-corrected chi connectivity index (χ2v) is 4.46. The molecule has 0 aliphatic carbocycles. The van der Waals surface area contributed by atoms with Gasteiger partial charge in [0.1, 0.15) is 0 Å². The molecule has 0 aromatic heterocycles. The molecule has 0 spiro atoms. The molecule has 1 aromatic rings. The summed E-state index contributed by atoms with van der Waals surface area (Å²) in [5.74, 6) is -0.222. The van der Waals surface area contributed by atoms with Gasteiger partial charge in [-0.05, 0) is 31.0 Å². The second-order valence-electron chi connectivity index (χ2n) is 4.46. The number of benzene rings is 1. The molecule has 1 aromatic carbocycles. The molecule has 3 amide bonds. The topological polar surface area (TPSA) is 90.5 Å². The van der Waals surface area contributed by atoms with Crippen molar-refractivity contribution in [2.75, 3.05) is 18.4 Å². The van der Waals surface area contributed by atoms with Crippen LogP contribution in [-0.2, 0) is 4.79 Å². The zero-order valence-electron chi connectivity index (χ0n) is 11.8. The van der Waals surface area contributed by atoms with Gasteiger partial charge in [-0.2, -0.15) is 0 Å². The van der Waals surface area contributed by atoms with Crippen molar-refractivity contribution >= 4 is 17.6 Å². The lowest BCUT2D eigenvalue weighted by molar-refractivity contribution is -0.120. The van der Waals surface area contributed by atoms with Crippen LogP contribution in [0, 0.1) is 0 Å². The van der Waals surface area contributed by atoms with Gasteiger partial charge in [-0.15, -0.1) is 0 Å². The first-order valence-corrected chi connectivity index (χ1v) is 6.62. The number of amides is 3. The highest BCUT2D eigenvalue weighted by Gasteiger charge is 2.06. The number of hydrogen-bond acceptors (Lipinski definition) is 3. The molecule has 0 radical (unpaired) electrons. The predicted octanol–water partition coefficient (Wildman–Crippen LogP) is 1.39.